The van der Waals surface area contributed by atoms with Gasteiger partial charge in [0.15, 0.2) is 0 Å². The molecule has 2 aromatic heterocycles. The van der Waals surface area contributed by atoms with Crippen LogP contribution >= 0.6 is 0 Å². The topological polar surface area (TPSA) is 85.3 Å². The lowest BCUT2D eigenvalue weighted by Crippen LogP contribution is -2.15. The quantitative estimate of drug-likeness (QED) is 0.448. The Labute approximate surface area is 169 Å². The zero-order valence-electron chi connectivity index (χ0n) is 16.7. The van der Waals surface area contributed by atoms with E-state index in [0.717, 1.165) is 22.1 Å². The fourth-order valence-corrected chi connectivity index (χ4v) is 3.71. The number of fused-ring (bicyclic) bond motifs is 2. The van der Waals surface area contributed by atoms with Crippen LogP contribution in [0, 0.1) is 0 Å². The normalized spacial score (nSPS) is 13.9. The summed E-state index contributed by atoms with van der Waals surface area (Å²) in [5.74, 6) is 1.29. The summed E-state index contributed by atoms with van der Waals surface area (Å²) in [5, 5.41) is 20.1. The van der Waals surface area contributed by atoms with Crippen molar-refractivity contribution in [2.75, 3.05) is 13.2 Å². The highest BCUT2D eigenvalue weighted by Gasteiger charge is 2.15. The predicted octanol–water partition coefficient (Wildman–Crippen LogP) is 3.21. The SMILES string of the molecule is CC(O)c1nc2ccccc2n1CCOCCn1c(C(C)O)nc2ccccc21. The van der Waals surface area contributed by atoms with Crippen molar-refractivity contribution in [2.24, 2.45) is 0 Å². The molecule has 0 amide bonds. The summed E-state index contributed by atoms with van der Waals surface area (Å²) in [6.07, 6.45) is -1.29. The van der Waals surface area contributed by atoms with E-state index in [-0.39, 0.29) is 0 Å². The number of benzene rings is 2. The Bertz CT molecular complexity index is 1030. The van der Waals surface area contributed by atoms with Gasteiger partial charge in [-0.05, 0) is 38.1 Å². The molecule has 0 bridgehead atoms. The Balaban J connectivity index is 1.43. The van der Waals surface area contributed by atoms with Gasteiger partial charge >= 0.3 is 0 Å². The first kappa shape index (κ1) is 19.6. The predicted molar refractivity (Wildman–Crippen MR) is 112 cm³/mol. The van der Waals surface area contributed by atoms with Gasteiger partial charge in [-0.3, -0.25) is 0 Å². The second kappa shape index (κ2) is 8.32. The number of imidazole rings is 2. The molecule has 0 radical (unpaired) electrons. The van der Waals surface area contributed by atoms with E-state index in [1.54, 1.807) is 13.8 Å². The molecule has 29 heavy (non-hydrogen) atoms. The van der Waals surface area contributed by atoms with Gasteiger partial charge in [0, 0.05) is 13.1 Å². The summed E-state index contributed by atoms with van der Waals surface area (Å²) in [7, 11) is 0. The van der Waals surface area contributed by atoms with Crippen LogP contribution in [0.2, 0.25) is 0 Å². The number of ether oxygens (including phenoxy) is 1. The molecule has 2 aromatic carbocycles. The molecule has 7 heteroatoms. The van der Waals surface area contributed by atoms with Crippen molar-refractivity contribution in [2.45, 2.75) is 39.1 Å². The first-order valence-corrected chi connectivity index (χ1v) is 9.90. The number of rotatable bonds is 8. The molecule has 0 fully saturated rings. The van der Waals surface area contributed by atoms with E-state index in [1.807, 2.05) is 57.7 Å². The van der Waals surface area contributed by atoms with Crippen LogP contribution in [0.1, 0.15) is 37.7 Å². The Morgan fingerprint density at radius 2 is 1.17 bits per heavy atom. The molecule has 0 spiro atoms. The number of aliphatic hydroxyl groups is 2. The Morgan fingerprint density at radius 1 is 0.759 bits per heavy atom. The third-order valence-electron chi connectivity index (χ3n) is 5.03. The Hall–Kier alpha value is -2.74. The summed E-state index contributed by atoms with van der Waals surface area (Å²) in [5.41, 5.74) is 3.72. The fourth-order valence-electron chi connectivity index (χ4n) is 3.71. The van der Waals surface area contributed by atoms with Gasteiger partial charge in [0.25, 0.3) is 0 Å². The average Bonchev–Trinajstić information content (AvgIpc) is 3.27. The van der Waals surface area contributed by atoms with Gasteiger partial charge in [-0.25, -0.2) is 9.97 Å². The van der Waals surface area contributed by atoms with Gasteiger partial charge < -0.3 is 24.1 Å². The second-order valence-corrected chi connectivity index (χ2v) is 7.19. The molecule has 0 saturated carbocycles. The summed E-state index contributed by atoms with van der Waals surface area (Å²) in [4.78, 5) is 9.07. The van der Waals surface area contributed by atoms with Gasteiger partial charge in [-0.15, -0.1) is 0 Å². The van der Waals surface area contributed by atoms with E-state index < -0.39 is 12.2 Å². The highest BCUT2D eigenvalue weighted by molar-refractivity contribution is 5.76. The van der Waals surface area contributed by atoms with Crippen LogP contribution in [-0.2, 0) is 17.8 Å². The van der Waals surface area contributed by atoms with Crippen LogP contribution in [0.5, 0.6) is 0 Å². The van der Waals surface area contributed by atoms with Crippen molar-refractivity contribution < 1.29 is 14.9 Å². The van der Waals surface area contributed by atoms with Crippen molar-refractivity contribution >= 4 is 22.1 Å². The van der Waals surface area contributed by atoms with Crippen LogP contribution in [0.25, 0.3) is 22.1 Å². The lowest BCUT2D eigenvalue weighted by atomic mass is 10.3. The third kappa shape index (κ3) is 3.89. The zero-order chi connectivity index (χ0) is 20.4. The van der Waals surface area contributed by atoms with E-state index in [2.05, 4.69) is 9.97 Å². The molecule has 2 unspecified atom stereocenters. The van der Waals surface area contributed by atoms with Gasteiger partial charge in [-0.1, -0.05) is 24.3 Å². The monoisotopic (exact) mass is 394 g/mol. The number of aromatic nitrogens is 4. The van der Waals surface area contributed by atoms with Crippen LogP contribution in [0.3, 0.4) is 0 Å². The highest BCUT2D eigenvalue weighted by Crippen LogP contribution is 2.22. The maximum Gasteiger partial charge on any atom is 0.138 e. The van der Waals surface area contributed by atoms with E-state index in [4.69, 9.17) is 4.74 Å². The fraction of sp³-hybridized carbons (Fsp3) is 0.364. The summed E-state index contributed by atoms with van der Waals surface area (Å²) in [6, 6.07) is 15.7. The second-order valence-electron chi connectivity index (χ2n) is 7.19. The summed E-state index contributed by atoms with van der Waals surface area (Å²) >= 11 is 0. The largest absolute Gasteiger partial charge is 0.385 e. The molecule has 4 rings (SSSR count). The smallest absolute Gasteiger partial charge is 0.138 e. The number of nitrogens with zero attached hydrogens (tertiary/aromatic N) is 4. The Morgan fingerprint density at radius 3 is 1.59 bits per heavy atom. The standard InChI is InChI=1S/C22H26N4O3/c1-15(27)21-23-17-7-3-5-9-19(17)25(21)11-13-29-14-12-26-20-10-6-4-8-18(20)24-22(26)16(2)28/h3-10,15-16,27-28H,11-14H2,1-2H3. The molecule has 7 nitrogen and oxygen atoms in total. The Kier molecular flexibility index (Phi) is 5.62. The molecular formula is C22H26N4O3. The van der Waals surface area contributed by atoms with Crippen molar-refractivity contribution in [3.05, 3.63) is 60.2 Å². The molecule has 0 aliphatic rings. The minimum Gasteiger partial charge on any atom is -0.385 e. The van der Waals surface area contributed by atoms with Crippen LogP contribution in [0.4, 0.5) is 0 Å². The lowest BCUT2D eigenvalue weighted by molar-refractivity contribution is 0.113. The minimum absolute atomic E-state index is 0.497. The summed E-state index contributed by atoms with van der Waals surface area (Å²) in [6.45, 7) is 5.65. The van der Waals surface area contributed by atoms with Crippen molar-refractivity contribution in [1.82, 2.24) is 19.1 Å². The third-order valence-corrected chi connectivity index (χ3v) is 5.03. The van der Waals surface area contributed by atoms with Crippen molar-refractivity contribution in [3.8, 4) is 0 Å². The zero-order valence-corrected chi connectivity index (χ0v) is 16.7. The number of hydrogen-bond donors (Lipinski definition) is 2. The van der Waals surface area contributed by atoms with E-state index in [9.17, 15) is 10.2 Å². The molecule has 0 aliphatic carbocycles. The average molecular weight is 394 g/mol. The molecular weight excluding hydrogens is 368 g/mol. The summed E-state index contributed by atoms with van der Waals surface area (Å²) < 4.78 is 9.90. The van der Waals surface area contributed by atoms with Gasteiger partial charge in [0.2, 0.25) is 0 Å². The molecule has 2 heterocycles. The van der Waals surface area contributed by atoms with Crippen molar-refractivity contribution in [3.63, 3.8) is 0 Å². The molecule has 0 saturated heterocycles. The maximum atomic E-state index is 10.1. The van der Waals surface area contributed by atoms with Gasteiger partial charge in [-0.2, -0.15) is 0 Å². The molecule has 152 valence electrons. The van der Waals surface area contributed by atoms with Gasteiger partial charge in [0.05, 0.1) is 35.3 Å². The van der Waals surface area contributed by atoms with Crippen LogP contribution in [-0.4, -0.2) is 42.5 Å². The molecule has 4 aromatic rings. The van der Waals surface area contributed by atoms with Crippen LogP contribution in [0.15, 0.2) is 48.5 Å². The van der Waals surface area contributed by atoms with Gasteiger partial charge in [0.1, 0.15) is 23.9 Å². The minimum atomic E-state index is -0.645. The van der Waals surface area contributed by atoms with Crippen molar-refractivity contribution in [1.29, 1.82) is 0 Å². The number of para-hydroxylation sites is 4. The van der Waals surface area contributed by atoms with E-state index >= 15 is 0 Å². The van der Waals surface area contributed by atoms with E-state index in [1.165, 1.54) is 0 Å². The number of hydrogen-bond acceptors (Lipinski definition) is 5. The van der Waals surface area contributed by atoms with E-state index in [0.29, 0.717) is 38.0 Å². The first-order chi connectivity index (χ1) is 14.1. The molecule has 2 atom stereocenters. The number of aliphatic hydroxyl groups excluding tert-OH is 2. The van der Waals surface area contributed by atoms with Crippen LogP contribution < -0.4 is 0 Å². The molecule has 0 aliphatic heterocycles. The first-order valence-electron chi connectivity index (χ1n) is 9.90. The lowest BCUT2D eigenvalue weighted by Gasteiger charge is -2.13. The highest BCUT2D eigenvalue weighted by atomic mass is 16.5. The molecule has 2 N–H and O–H groups in total. The maximum absolute atomic E-state index is 10.1.